The van der Waals surface area contributed by atoms with Gasteiger partial charge in [0.05, 0.1) is 15.2 Å². The van der Waals surface area contributed by atoms with Gasteiger partial charge in [0.25, 0.3) is 0 Å². The van der Waals surface area contributed by atoms with Gasteiger partial charge in [-0.3, -0.25) is 19.3 Å². The summed E-state index contributed by atoms with van der Waals surface area (Å²) in [6, 6.07) is 5.29. The van der Waals surface area contributed by atoms with Gasteiger partial charge in [0, 0.05) is 64.2 Å². The molecule has 9 nitrogen and oxygen atoms in total. The van der Waals surface area contributed by atoms with Crippen LogP contribution in [0.5, 0.6) is 0 Å². The molecule has 236 valence electrons. The largest absolute Gasteiger partial charge is 0.350 e. The summed E-state index contributed by atoms with van der Waals surface area (Å²) in [5, 5.41) is 9.90. The van der Waals surface area contributed by atoms with Gasteiger partial charge in [0.1, 0.15) is 6.04 Å². The highest BCUT2D eigenvalue weighted by Crippen LogP contribution is 2.28. The van der Waals surface area contributed by atoms with E-state index in [1.807, 2.05) is 6.07 Å². The van der Waals surface area contributed by atoms with Crippen LogP contribution >= 0.6 is 11.3 Å². The van der Waals surface area contributed by atoms with Crippen molar-refractivity contribution in [2.45, 2.75) is 83.7 Å². The van der Waals surface area contributed by atoms with Crippen molar-refractivity contribution in [2.24, 2.45) is 5.92 Å². The van der Waals surface area contributed by atoms with Crippen LogP contribution in [0.1, 0.15) is 75.8 Å². The first-order valence-corrected chi connectivity index (χ1v) is 16.7. The predicted molar refractivity (Wildman–Crippen MR) is 174 cm³/mol. The van der Waals surface area contributed by atoms with E-state index in [0.29, 0.717) is 36.9 Å². The first-order chi connectivity index (χ1) is 20.6. The van der Waals surface area contributed by atoms with Gasteiger partial charge in [-0.25, -0.2) is 4.98 Å². The molecule has 1 saturated carbocycles. The quantitative estimate of drug-likeness (QED) is 0.298. The van der Waals surface area contributed by atoms with Gasteiger partial charge >= 0.3 is 0 Å². The van der Waals surface area contributed by atoms with Crippen LogP contribution in [0.3, 0.4) is 0 Å². The molecule has 0 spiro atoms. The molecule has 1 aliphatic heterocycles. The maximum Gasteiger partial charge on any atom is 0.247 e. The zero-order valence-corrected chi connectivity index (χ0v) is 27.2. The smallest absolute Gasteiger partial charge is 0.247 e. The normalized spacial score (nSPS) is 18.3. The van der Waals surface area contributed by atoms with Crippen LogP contribution in [-0.4, -0.2) is 90.9 Å². The van der Waals surface area contributed by atoms with E-state index in [-0.39, 0.29) is 23.8 Å². The maximum atomic E-state index is 13.7. The van der Waals surface area contributed by atoms with Crippen LogP contribution in [0.2, 0.25) is 0 Å². The Morgan fingerprint density at radius 1 is 1.07 bits per heavy atom. The molecule has 1 saturated heterocycles. The molecule has 0 radical (unpaired) electrons. The number of thiazole rings is 1. The lowest BCUT2D eigenvalue weighted by molar-refractivity contribution is -0.128. The number of likely N-dealkylation sites (N-methyl/N-ethyl adjacent to an activating group) is 1. The number of nitrogens with zero attached hydrogens (tertiary/aromatic N) is 3. The summed E-state index contributed by atoms with van der Waals surface area (Å²) in [5.74, 6) is 0.237. The monoisotopic (exact) mass is 610 g/mol. The molecular weight excluding hydrogens is 560 g/mol. The van der Waals surface area contributed by atoms with E-state index in [1.165, 1.54) is 31.7 Å². The summed E-state index contributed by atoms with van der Waals surface area (Å²) in [5.41, 5.74) is 2.69. The van der Waals surface area contributed by atoms with Gasteiger partial charge < -0.3 is 20.9 Å². The van der Waals surface area contributed by atoms with Crippen LogP contribution in [-0.2, 0) is 20.8 Å². The first-order valence-electron chi connectivity index (χ1n) is 15.9. The minimum atomic E-state index is -0.751. The van der Waals surface area contributed by atoms with Crippen molar-refractivity contribution in [3.8, 4) is 0 Å². The number of aromatic nitrogens is 1. The van der Waals surface area contributed by atoms with Crippen molar-refractivity contribution in [3.63, 3.8) is 0 Å². The molecule has 2 fully saturated rings. The standard InChI is InChI=1S/C33H50N6O3S/c1-22(2)26-11-12-28-30(18-26)43-31(37-28)19-29(35-24(4)40)33(42)36-27(17-25-9-7-6-8-10-25)20-34-32(41)23(3)21-39-15-13-38(5)14-16-39/h11-12,18,22,25,27,29H,3,6-10,13-17,19-21H2,1-2,4-5H3,(H,34,41)(H,35,40)(H,36,42)/t27?,29-/m0/s1. The van der Waals surface area contributed by atoms with Crippen LogP contribution in [0.15, 0.2) is 30.4 Å². The number of hydrogen-bond acceptors (Lipinski definition) is 7. The van der Waals surface area contributed by atoms with E-state index in [0.717, 1.165) is 60.7 Å². The zero-order chi connectivity index (χ0) is 30.9. The minimum absolute atomic E-state index is 0.171. The maximum absolute atomic E-state index is 13.7. The van der Waals surface area contributed by atoms with E-state index in [9.17, 15) is 14.4 Å². The van der Waals surface area contributed by atoms with Crippen LogP contribution in [0.25, 0.3) is 10.2 Å². The summed E-state index contributed by atoms with van der Waals surface area (Å²) in [7, 11) is 2.11. The molecule has 2 heterocycles. The number of benzene rings is 1. The molecule has 1 aliphatic carbocycles. The average molecular weight is 611 g/mol. The number of rotatable bonds is 13. The lowest BCUT2D eigenvalue weighted by Crippen LogP contribution is -2.53. The summed E-state index contributed by atoms with van der Waals surface area (Å²) >= 11 is 1.56. The first kappa shape index (κ1) is 33.1. The van der Waals surface area contributed by atoms with Crippen LogP contribution in [0, 0.1) is 5.92 Å². The highest BCUT2D eigenvalue weighted by molar-refractivity contribution is 7.18. The molecule has 4 rings (SSSR count). The Bertz CT molecular complexity index is 1260. The number of carbonyl (C=O) groups is 3. The predicted octanol–water partition coefficient (Wildman–Crippen LogP) is 3.84. The third-order valence-electron chi connectivity index (χ3n) is 8.73. The second-order valence-electron chi connectivity index (χ2n) is 12.8. The Balaban J connectivity index is 1.40. The fraction of sp³-hybridized carbons (Fsp3) is 0.636. The summed E-state index contributed by atoms with van der Waals surface area (Å²) < 4.78 is 1.08. The minimum Gasteiger partial charge on any atom is -0.350 e. The second kappa shape index (κ2) is 15.8. The van der Waals surface area contributed by atoms with Crippen molar-refractivity contribution in [2.75, 3.05) is 46.3 Å². The average Bonchev–Trinajstić information content (AvgIpc) is 3.38. The van der Waals surface area contributed by atoms with Gasteiger partial charge in [-0.1, -0.05) is 58.6 Å². The fourth-order valence-corrected chi connectivity index (χ4v) is 7.13. The van der Waals surface area contributed by atoms with Gasteiger partial charge in [0.2, 0.25) is 17.7 Å². The highest BCUT2D eigenvalue weighted by Gasteiger charge is 2.27. The number of amides is 3. The molecule has 1 aromatic heterocycles. The van der Waals surface area contributed by atoms with E-state index in [1.54, 1.807) is 11.3 Å². The molecule has 43 heavy (non-hydrogen) atoms. The molecule has 1 unspecified atom stereocenters. The molecule has 3 N–H and O–H groups in total. The third-order valence-corrected chi connectivity index (χ3v) is 9.77. The third kappa shape index (κ3) is 10.1. The number of hydrogen-bond donors (Lipinski definition) is 3. The number of carbonyl (C=O) groups excluding carboxylic acids is 3. The second-order valence-corrected chi connectivity index (χ2v) is 13.9. The lowest BCUT2D eigenvalue weighted by Gasteiger charge is -2.32. The van der Waals surface area contributed by atoms with Gasteiger partial charge in [-0.15, -0.1) is 11.3 Å². The summed E-state index contributed by atoms with van der Waals surface area (Å²) in [6.07, 6.45) is 7.02. The molecular formula is C33H50N6O3S. The SMILES string of the molecule is C=C(CN1CCN(C)CC1)C(=O)NCC(CC1CCCCC1)NC(=O)[C@H](Cc1nc2ccc(C(C)C)cc2s1)NC(C)=O. The number of fused-ring (bicyclic) bond motifs is 1. The topological polar surface area (TPSA) is 107 Å². The van der Waals surface area contributed by atoms with Crippen LogP contribution in [0.4, 0.5) is 0 Å². The molecule has 10 heteroatoms. The molecule has 2 aliphatic rings. The van der Waals surface area contributed by atoms with Crippen molar-refractivity contribution in [1.82, 2.24) is 30.7 Å². The number of nitrogens with one attached hydrogen (secondary N) is 3. The van der Waals surface area contributed by atoms with Crippen molar-refractivity contribution in [1.29, 1.82) is 0 Å². The molecule has 0 bridgehead atoms. The summed E-state index contributed by atoms with van der Waals surface area (Å²) in [6.45, 7) is 14.5. The highest BCUT2D eigenvalue weighted by atomic mass is 32.1. The van der Waals surface area contributed by atoms with Crippen molar-refractivity contribution in [3.05, 3.63) is 40.9 Å². The Morgan fingerprint density at radius 2 is 1.79 bits per heavy atom. The van der Waals surface area contributed by atoms with Crippen molar-refractivity contribution >= 4 is 39.3 Å². The zero-order valence-electron chi connectivity index (χ0n) is 26.4. The van der Waals surface area contributed by atoms with E-state index in [2.05, 4.69) is 65.4 Å². The van der Waals surface area contributed by atoms with E-state index < -0.39 is 6.04 Å². The summed E-state index contributed by atoms with van der Waals surface area (Å²) in [4.78, 5) is 48.1. The Morgan fingerprint density at radius 3 is 2.47 bits per heavy atom. The molecule has 1 aromatic carbocycles. The molecule has 2 aromatic rings. The van der Waals surface area contributed by atoms with Gasteiger partial charge in [0.15, 0.2) is 0 Å². The number of piperazine rings is 1. The van der Waals surface area contributed by atoms with E-state index in [4.69, 9.17) is 4.98 Å². The Hall–Kier alpha value is -2.82. The fourth-order valence-electron chi connectivity index (χ4n) is 6.07. The van der Waals surface area contributed by atoms with Crippen molar-refractivity contribution < 1.29 is 14.4 Å². The Kier molecular flexibility index (Phi) is 12.1. The Labute approximate surface area is 260 Å². The van der Waals surface area contributed by atoms with Gasteiger partial charge in [-0.05, 0) is 43.0 Å². The van der Waals surface area contributed by atoms with Crippen LogP contribution < -0.4 is 16.0 Å². The molecule has 3 amide bonds. The van der Waals surface area contributed by atoms with Gasteiger partial charge in [-0.2, -0.15) is 0 Å². The van der Waals surface area contributed by atoms with E-state index >= 15 is 0 Å². The molecule has 2 atom stereocenters. The lowest BCUT2D eigenvalue weighted by atomic mass is 9.84.